The Labute approximate surface area is 71.7 Å². The Morgan fingerprint density at radius 3 is 2.75 bits per heavy atom. The summed E-state index contributed by atoms with van der Waals surface area (Å²) in [5, 5.41) is 0. The monoisotopic (exact) mass is 174 g/mol. The first-order valence-electron chi connectivity index (χ1n) is 4.13. The van der Waals surface area contributed by atoms with Crippen LogP contribution in [0.25, 0.3) is 0 Å². The summed E-state index contributed by atoms with van der Waals surface area (Å²) in [5.41, 5.74) is 0. The largest absolute Gasteiger partial charge is 0.356 e. The van der Waals surface area contributed by atoms with Crippen molar-refractivity contribution in [3.8, 4) is 0 Å². The predicted octanol–water partition coefficient (Wildman–Crippen LogP) is 0.509. The first kappa shape index (κ1) is 8.44. The summed E-state index contributed by atoms with van der Waals surface area (Å²) in [6.07, 6.45) is 0.617. The zero-order chi connectivity index (χ0) is 8.77. The highest BCUT2D eigenvalue weighted by molar-refractivity contribution is 5.02. The summed E-state index contributed by atoms with van der Waals surface area (Å²) in [5.74, 6) is -0.418. The number of epoxide rings is 1. The van der Waals surface area contributed by atoms with Crippen LogP contribution in [-0.2, 0) is 18.9 Å². The minimum Gasteiger partial charge on any atom is -0.356 e. The highest BCUT2D eigenvalue weighted by Crippen LogP contribution is 2.48. The van der Waals surface area contributed by atoms with Gasteiger partial charge in [0, 0.05) is 14.2 Å². The molecule has 4 heteroatoms. The van der Waals surface area contributed by atoms with E-state index in [1.54, 1.807) is 14.2 Å². The summed E-state index contributed by atoms with van der Waals surface area (Å²) in [7, 11) is 3.29. The van der Waals surface area contributed by atoms with E-state index >= 15 is 0 Å². The molecule has 0 aromatic heterocycles. The van der Waals surface area contributed by atoms with E-state index in [0.29, 0.717) is 6.42 Å². The molecule has 0 N–H and O–H groups in total. The molecule has 2 fully saturated rings. The minimum atomic E-state index is -0.418. The van der Waals surface area contributed by atoms with Gasteiger partial charge in [-0.1, -0.05) is 0 Å². The SMILES string of the molecule is COC1CC2(OC)O[C@H]2C(C)O1. The van der Waals surface area contributed by atoms with Crippen molar-refractivity contribution >= 4 is 0 Å². The third kappa shape index (κ3) is 1.07. The molecule has 0 aromatic rings. The molecule has 2 heterocycles. The molecule has 4 atom stereocenters. The van der Waals surface area contributed by atoms with Gasteiger partial charge in [-0.05, 0) is 6.92 Å². The molecular weight excluding hydrogens is 160 g/mol. The quantitative estimate of drug-likeness (QED) is 0.572. The van der Waals surface area contributed by atoms with E-state index in [1.807, 2.05) is 6.92 Å². The Morgan fingerprint density at radius 1 is 1.42 bits per heavy atom. The lowest BCUT2D eigenvalue weighted by molar-refractivity contribution is -0.199. The average molecular weight is 174 g/mol. The predicted molar refractivity (Wildman–Crippen MR) is 40.6 cm³/mol. The fourth-order valence-corrected chi connectivity index (χ4v) is 1.78. The normalized spacial score (nSPS) is 51.8. The van der Waals surface area contributed by atoms with Crippen molar-refractivity contribution in [2.75, 3.05) is 14.2 Å². The van der Waals surface area contributed by atoms with Gasteiger partial charge in [-0.2, -0.15) is 0 Å². The van der Waals surface area contributed by atoms with Crippen molar-refractivity contribution in [3.05, 3.63) is 0 Å². The molecule has 70 valence electrons. The Kier molecular flexibility index (Phi) is 1.88. The van der Waals surface area contributed by atoms with Crippen LogP contribution in [0, 0.1) is 0 Å². The molecule has 2 saturated heterocycles. The van der Waals surface area contributed by atoms with E-state index in [2.05, 4.69) is 0 Å². The van der Waals surface area contributed by atoms with Gasteiger partial charge in [-0.3, -0.25) is 0 Å². The molecule has 2 aliphatic rings. The zero-order valence-corrected chi connectivity index (χ0v) is 7.57. The lowest BCUT2D eigenvalue weighted by Crippen LogP contribution is -2.40. The van der Waals surface area contributed by atoms with Crippen molar-refractivity contribution < 1.29 is 18.9 Å². The average Bonchev–Trinajstić information content (AvgIpc) is 2.80. The van der Waals surface area contributed by atoms with Gasteiger partial charge >= 0.3 is 0 Å². The summed E-state index contributed by atoms with van der Waals surface area (Å²) < 4.78 is 21.3. The van der Waals surface area contributed by atoms with Gasteiger partial charge in [0.2, 0.25) is 5.79 Å². The Bertz CT molecular complexity index is 184. The van der Waals surface area contributed by atoms with Crippen LogP contribution in [0.1, 0.15) is 13.3 Å². The van der Waals surface area contributed by atoms with Gasteiger partial charge in [0.15, 0.2) is 6.29 Å². The maximum Gasteiger partial charge on any atom is 0.202 e. The minimum absolute atomic E-state index is 0.0589. The fourth-order valence-electron chi connectivity index (χ4n) is 1.78. The van der Waals surface area contributed by atoms with E-state index < -0.39 is 5.79 Å². The highest BCUT2D eigenvalue weighted by Gasteiger charge is 2.64. The van der Waals surface area contributed by atoms with Gasteiger partial charge in [-0.25, -0.2) is 0 Å². The molecule has 3 unspecified atom stereocenters. The van der Waals surface area contributed by atoms with Gasteiger partial charge < -0.3 is 18.9 Å². The van der Waals surface area contributed by atoms with Crippen LogP contribution in [0.5, 0.6) is 0 Å². The molecule has 2 rings (SSSR count). The standard InChI is InChI=1S/C8H14O4/c1-5-7-8(10-3,12-7)4-6(9-2)11-5/h5-7H,4H2,1-3H3/t5?,6?,7-,8?/m0/s1. The molecule has 0 aliphatic carbocycles. The number of fused-ring (bicyclic) bond motifs is 1. The molecule has 0 amide bonds. The van der Waals surface area contributed by atoms with E-state index in [4.69, 9.17) is 18.9 Å². The maximum absolute atomic E-state index is 5.49. The van der Waals surface area contributed by atoms with Crippen LogP contribution in [0.4, 0.5) is 0 Å². The second-order valence-corrected chi connectivity index (χ2v) is 3.26. The second kappa shape index (κ2) is 2.67. The first-order chi connectivity index (χ1) is 5.72. The molecule has 12 heavy (non-hydrogen) atoms. The molecule has 0 aromatic carbocycles. The molecular formula is C8H14O4. The van der Waals surface area contributed by atoms with Crippen LogP contribution in [0.3, 0.4) is 0 Å². The van der Waals surface area contributed by atoms with Crippen molar-refractivity contribution in [2.24, 2.45) is 0 Å². The van der Waals surface area contributed by atoms with Gasteiger partial charge in [0.1, 0.15) is 6.10 Å². The first-order valence-corrected chi connectivity index (χ1v) is 4.13. The Hall–Kier alpha value is -0.160. The van der Waals surface area contributed by atoms with Crippen molar-refractivity contribution in [1.82, 2.24) is 0 Å². The molecule has 0 saturated carbocycles. The number of rotatable bonds is 2. The molecule has 0 radical (unpaired) electrons. The number of ether oxygens (including phenoxy) is 4. The van der Waals surface area contributed by atoms with E-state index in [-0.39, 0.29) is 18.5 Å². The van der Waals surface area contributed by atoms with Crippen LogP contribution >= 0.6 is 0 Å². The van der Waals surface area contributed by atoms with Crippen molar-refractivity contribution in [2.45, 2.75) is 37.6 Å². The van der Waals surface area contributed by atoms with Crippen molar-refractivity contribution in [1.29, 1.82) is 0 Å². The maximum atomic E-state index is 5.49. The summed E-state index contributed by atoms with van der Waals surface area (Å²) in [4.78, 5) is 0. The lowest BCUT2D eigenvalue weighted by atomic mass is 10.1. The third-order valence-corrected chi connectivity index (χ3v) is 2.56. The number of methoxy groups -OCH3 is 2. The molecule has 0 bridgehead atoms. The third-order valence-electron chi connectivity index (χ3n) is 2.56. The van der Waals surface area contributed by atoms with Crippen LogP contribution < -0.4 is 0 Å². The lowest BCUT2D eigenvalue weighted by Gasteiger charge is -2.27. The Balaban J connectivity index is 2.04. The number of hydrogen-bond donors (Lipinski definition) is 0. The number of hydrogen-bond acceptors (Lipinski definition) is 4. The summed E-state index contributed by atoms with van der Waals surface area (Å²) >= 11 is 0. The van der Waals surface area contributed by atoms with E-state index in [1.165, 1.54) is 0 Å². The smallest absolute Gasteiger partial charge is 0.202 e. The van der Waals surface area contributed by atoms with Gasteiger partial charge in [-0.15, -0.1) is 0 Å². The fraction of sp³-hybridized carbons (Fsp3) is 1.00. The van der Waals surface area contributed by atoms with Crippen molar-refractivity contribution in [3.63, 3.8) is 0 Å². The molecule has 2 aliphatic heterocycles. The zero-order valence-electron chi connectivity index (χ0n) is 7.57. The summed E-state index contributed by atoms with van der Waals surface area (Å²) in [6, 6.07) is 0. The Morgan fingerprint density at radius 2 is 2.17 bits per heavy atom. The van der Waals surface area contributed by atoms with E-state index in [0.717, 1.165) is 0 Å². The highest BCUT2D eigenvalue weighted by atomic mass is 16.8. The summed E-state index contributed by atoms with van der Waals surface area (Å²) in [6.45, 7) is 1.97. The van der Waals surface area contributed by atoms with Gasteiger partial charge in [0.05, 0.1) is 12.5 Å². The van der Waals surface area contributed by atoms with Crippen LogP contribution in [0.15, 0.2) is 0 Å². The molecule has 4 nitrogen and oxygen atoms in total. The second-order valence-electron chi connectivity index (χ2n) is 3.26. The van der Waals surface area contributed by atoms with E-state index in [9.17, 15) is 0 Å². The van der Waals surface area contributed by atoms with Crippen LogP contribution in [-0.4, -0.2) is 38.5 Å². The topological polar surface area (TPSA) is 40.2 Å². The van der Waals surface area contributed by atoms with Crippen LogP contribution in [0.2, 0.25) is 0 Å². The van der Waals surface area contributed by atoms with Gasteiger partial charge in [0.25, 0.3) is 0 Å². The molecule has 0 spiro atoms.